The molecule has 0 atom stereocenters. The Morgan fingerprint density at radius 3 is 2.61 bits per heavy atom. The summed E-state index contributed by atoms with van der Waals surface area (Å²) in [5.41, 5.74) is 0.983. The lowest BCUT2D eigenvalue weighted by Gasteiger charge is -2.08. The van der Waals surface area contributed by atoms with E-state index >= 15 is 0 Å². The molecule has 0 spiro atoms. The molecule has 0 aliphatic carbocycles. The quantitative estimate of drug-likeness (QED) is 0.820. The Morgan fingerprint density at radius 2 is 2.11 bits per heavy atom. The lowest BCUT2D eigenvalue weighted by atomic mass is 10.2. The number of ether oxygens (including phenoxy) is 1. The summed E-state index contributed by atoms with van der Waals surface area (Å²) < 4.78 is 27.3. The van der Waals surface area contributed by atoms with Gasteiger partial charge >= 0.3 is 0 Å². The summed E-state index contributed by atoms with van der Waals surface area (Å²) in [7, 11) is -3.73. The van der Waals surface area contributed by atoms with E-state index in [1.165, 1.54) is 12.1 Å². The van der Waals surface area contributed by atoms with Gasteiger partial charge in [0, 0.05) is 12.3 Å². The molecule has 0 aromatic heterocycles. The van der Waals surface area contributed by atoms with Gasteiger partial charge in [-0.25, -0.2) is 13.6 Å². The van der Waals surface area contributed by atoms with E-state index < -0.39 is 10.0 Å². The summed E-state index contributed by atoms with van der Waals surface area (Å²) in [6.45, 7) is 3.82. The maximum Gasteiger partial charge on any atom is 0.250 e. The van der Waals surface area contributed by atoms with E-state index in [9.17, 15) is 13.2 Å². The number of rotatable bonds is 5. The van der Waals surface area contributed by atoms with Gasteiger partial charge in [-0.15, -0.1) is 0 Å². The molecule has 0 fully saturated rings. The van der Waals surface area contributed by atoms with Gasteiger partial charge in [0.25, 0.3) is 0 Å². The predicted octanol–water partition coefficient (Wildman–Crippen LogP) is 0.617. The summed E-state index contributed by atoms with van der Waals surface area (Å²) in [6, 6.07) is 4.39. The number of carbonyl (C=O) groups excluding carboxylic acids is 1. The van der Waals surface area contributed by atoms with Gasteiger partial charge in [-0.3, -0.25) is 4.79 Å². The topological polar surface area (TPSA) is 98.5 Å². The van der Waals surface area contributed by atoms with Gasteiger partial charge in [-0.05, 0) is 37.6 Å². The molecule has 18 heavy (non-hydrogen) atoms. The zero-order valence-corrected chi connectivity index (χ0v) is 11.1. The highest BCUT2D eigenvalue weighted by Gasteiger charge is 2.12. The van der Waals surface area contributed by atoms with E-state index in [0.29, 0.717) is 17.9 Å². The van der Waals surface area contributed by atoms with Crippen LogP contribution in [-0.4, -0.2) is 27.5 Å². The lowest BCUT2D eigenvalue weighted by Crippen LogP contribution is -2.19. The van der Waals surface area contributed by atoms with Crippen LogP contribution in [0.25, 0.3) is 0 Å². The SMILES string of the molecule is CCOCC(=O)Nc1ccc(S(N)(=O)=O)c(C)c1. The number of aryl methyl sites for hydroxylation is 1. The second kappa shape index (κ2) is 5.94. The van der Waals surface area contributed by atoms with Crippen molar-refractivity contribution < 1.29 is 17.9 Å². The number of nitrogens with two attached hydrogens (primary N) is 1. The van der Waals surface area contributed by atoms with Crippen molar-refractivity contribution >= 4 is 21.6 Å². The van der Waals surface area contributed by atoms with Crippen molar-refractivity contribution in [1.82, 2.24) is 0 Å². The Bertz CT molecular complexity index is 540. The molecule has 6 nitrogen and oxygen atoms in total. The summed E-state index contributed by atoms with van der Waals surface area (Å²) in [5.74, 6) is -0.292. The smallest absolute Gasteiger partial charge is 0.250 e. The summed E-state index contributed by atoms with van der Waals surface area (Å²) in [5, 5.41) is 7.64. The average Bonchev–Trinajstić information content (AvgIpc) is 2.24. The Morgan fingerprint density at radius 1 is 1.44 bits per heavy atom. The monoisotopic (exact) mass is 272 g/mol. The molecular weight excluding hydrogens is 256 g/mol. The molecule has 1 aromatic carbocycles. The van der Waals surface area contributed by atoms with E-state index in [0.717, 1.165) is 0 Å². The molecule has 100 valence electrons. The summed E-state index contributed by atoms with van der Waals surface area (Å²) >= 11 is 0. The second-order valence-electron chi connectivity index (χ2n) is 3.71. The fourth-order valence-corrected chi connectivity index (χ4v) is 2.20. The van der Waals surface area contributed by atoms with Gasteiger partial charge in [-0.2, -0.15) is 0 Å². The molecule has 1 amide bonds. The Kier molecular flexibility index (Phi) is 4.83. The zero-order chi connectivity index (χ0) is 13.8. The van der Waals surface area contributed by atoms with E-state index in [2.05, 4.69) is 5.32 Å². The minimum absolute atomic E-state index is 0.0352. The molecule has 0 unspecified atom stereocenters. The number of carbonyl (C=O) groups is 1. The molecule has 0 radical (unpaired) electrons. The Labute approximate surface area is 106 Å². The summed E-state index contributed by atoms with van der Waals surface area (Å²) in [4.78, 5) is 11.4. The maximum absolute atomic E-state index is 11.4. The molecule has 0 aliphatic heterocycles. The number of nitrogens with one attached hydrogen (secondary N) is 1. The first-order valence-corrected chi connectivity index (χ1v) is 6.90. The van der Waals surface area contributed by atoms with Crippen LogP contribution >= 0.6 is 0 Å². The van der Waals surface area contributed by atoms with Gasteiger partial charge in [0.15, 0.2) is 0 Å². The number of hydrogen-bond acceptors (Lipinski definition) is 4. The van der Waals surface area contributed by atoms with Crippen molar-refractivity contribution in [2.45, 2.75) is 18.7 Å². The highest BCUT2D eigenvalue weighted by molar-refractivity contribution is 7.89. The summed E-state index contributed by atoms with van der Waals surface area (Å²) in [6.07, 6.45) is 0. The third kappa shape index (κ3) is 4.10. The minimum atomic E-state index is -3.73. The third-order valence-electron chi connectivity index (χ3n) is 2.20. The minimum Gasteiger partial charge on any atom is -0.372 e. The van der Waals surface area contributed by atoms with Crippen LogP contribution in [0.2, 0.25) is 0 Å². The van der Waals surface area contributed by atoms with Crippen LogP contribution in [0.5, 0.6) is 0 Å². The molecule has 0 saturated heterocycles. The molecule has 1 aromatic rings. The van der Waals surface area contributed by atoms with Gasteiger partial charge < -0.3 is 10.1 Å². The van der Waals surface area contributed by atoms with Crippen molar-refractivity contribution in [1.29, 1.82) is 0 Å². The van der Waals surface area contributed by atoms with Crippen LogP contribution in [0.1, 0.15) is 12.5 Å². The molecule has 0 bridgehead atoms. The number of benzene rings is 1. The molecule has 0 aliphatic rings. The van der Waals surface area contributed by atoms with Gasteiger partial charge in [0.05, 0.1) is 4.90 Å². The van der Waals surface area contributed by atoms with Crippen LogP contribution in [0.3, 0.4) is 0 Å². The Balaban J connectivity index is 2.82. The van der Waals surface area contributed by atoms with Gasteiger partial charge in [0.2, 0.25) is 15.9 Å². The van der Waals surface area contributed by atoms with Crippen LogP contribution in [0, 0.1) is 6.92 Å². The maximum atomic E-state index is 11.4. The normalized spacial score (nSPS) is 11.3. The average molecular weight is 272 g/mol. The predicted molar refractivity (Wildman–Crippen MR) is 67.7 cm³/mol. The van der Waals surface area contributed by atoms with E-state index in [1.54, 1.807) is 19.9 Å². The lowest BCUT2D eigenvalue weighted by molar-refractivity contribution is -0.120. The first-order chi connectivity index (χ1) is 8.34. The van der Waals surface area contributed by atoms with E-state index in [1.807, 2.05) is 0 Å². The number of primary sulfonamides is 1. The number of amides is 1. The zero-order valence-electron chi connectivity index (χ0n) is 10.3. The van der Waals surface area contributed by atoms with Crippen molar-refractivity contribution in [2.24, 2.45) is 5.14 Å². The number of anilines is 1. The molecule has 0 saturated carbocycles. The van der Waals surface area contributed by atoms with Gasteiger partial charge in [-0.1, -0.05) is 0 Å². The molecule has 1 rings (SSSR count). The van der Waals surface area contributed by atoms with E-state index in [4.69, 9.17) is 9.88 Å². The van der Waals surface area contributed by atoms with Gasteiger partial charge in [0.1, 0.15) is 6.61 Å². The van der Waals surface area contributed by atoms with Crippen LogP contribution in [0.4, 0.5) is 5.69 Å². The number of sulfonamides is 1. The van der Waals surface area contributed by atoms with Crippen molar-refractivity contribution in [2.75, 3.05) is 18.5 Å². The fourth-order valence-electron chi connectivity index (χ4n) is 1.44. The highest BCUT2D eigenvalue weighted by atomic mass is 32.2. The first-order valence-electron chi connectivity index (χ1n) is 5.35. The first kappa shape index (κ1) is 14.6. The molecule has 7 heteroatoms. The van der Waals surface area contributed by atoms with E-state index in [-0.39, 0.29) is 17.4 Å². The molecule has 0 heterocycles. The standard InChI is InChI=1S/C11H16N2O4S/c1-3-17-7-11(14)13-9-4-5-10(8(2)6-9)18(12,15)16/h4-6H,3,7H2,1-2H3,(H,13,14)(H2,12,15,16). The van der Waals surface area contributed by atoms with Crippen LogP contribution in [-0.2, 0) is 19.6 Å². The van der Waals surface area contributed by atoms with Crippen molar-refractivity contribution in [3.8, 4) is 0 Å². The largest absolute Gasteiger partial charge is 0.372 e. The van der Waals surface area contributed by atoms with Crippen molar-refractivity contribution in [3.05, 3.63) is 23.8 Å². The van der Waals surface area contributed by atoms with Crippen molar-refractivity contribution in [3.63, 3.8) is 0 Å². The Hall–Kier alpha value is -1.44. The molecule has 3 N–H and O–H groups in total. The highest BCUT2D eigenvalue weighted by Crippen LogP contribution is 2.18. The third-order valence-corrected chi connectivity index (χ3v) is 3.27. The molecular formula is C11H16N2O4S. The number of hydrogen-bond donors (Lipinski definition) is 2. The van der Waals surface area contributed by atoms with Crippen LogP contribution < -0.4 is 10.5 Å². The second-order valence-corrected chi connectivity index (χ2v) is 5.24. The van der Waals surface area contributed by atoms with Crippen LogP contribution in [0.15, 0.2) is 23.1 Å². The fraction of sp³-hybridized carbons (Fsp3) is 0.364.